The average Bonchev–Trinajstić information content (AvgIpc) is 3.24. The molecular weight excluding hydrogens is 639 g/mol. The van der Waals surface area contributed by atoms with Gasteiger partial charge in [0.2, 0.25) is 0 Å². The SMILES string of the molecule is COc1cc(/C=C2\SC(=Nc3ccc(N4CCOCC4)cc3)N(C)C2=O)cc(I)c1OCc1ccccc1C#N. The fourth-order valence-electron chi connectivity index (χ4n) is 4.34. The van der Waals surface area contributed by atoms with E-state index in [4.69, 9.17) is 19.2 Å². The first-order chi connectivity index (χ1) is 19.5. The minimum absolute atomic E-state index is 0.115. The Kier molecular flexibility index (Phi) is 8.94. The van der Waals surface area contributed by atoms with Crippen LogP contribution in [0.15, 0.2) is 70.6 Å². The largest absolute Gasteiger partial charge is 0.493 e. The van der Waals surface area contributed by atoms with E-state index < -0.39 is 0 Å². The molecule has 2 aliphatic heterocycles. The lowest BCUT2D eigenvalue weighted by molar-refractivity contribution is -0.121. The third kappa shape index (κ3) is 6.27. The second kappa shape index (κ2) is 12.8. The van der Waals surface area contributed by atoms with Crippen LogP contribution >= 0.6 is 34.4 Å². The molecule has 0 unspecified atom stereocenters. The molecule has 2 aliphatic rings. The Bertz CT molecular complexity index is 1510. The Balaban J connectivity index is 1.32. The van der Waals surface area contributed by atoms with Crippen LogP contribution in [0.2, 0.25) is 0 Å². The molecular formula is C30H27IN4O4S. The second-order valence-electron chi connectivity index (χ2n) is 9.08. The van der Waals surface area contributed by atoms with Gasteiger partial charge in [0.25, 0.3) is 5.91 Å². The van der Waals surface area contributed by atoms with Gasteiger partial charge in [0.1, 0.15) is 6.61 Å². The quantitative estimate of drug-likeness (QED) is 0.232. The summed E-state index contributed by atoms with van der Waals surface area (Å²) in [5, 5.41) is 9.98. The molecule has 0 spiro atoms. The predicted octanol–water partition coefficient (Wildman–Crippen LogP) is 5.82. The molecule has 10 heteroatoms. The number of anilines is 1. The molecule has 0 bridgehead atoms. The number of aliphatic imine (C=N–C) groups is 1. The number of carbonyl (C=O) groups is 1. The van der Waals surface area contributed by atoms with Crippen LogP contribution in [0.5, 0.6) is 11.5 Å². The highest BCUT2D eigenvalue weighted by atomic mass is 127. The van der Waals surface area contributed by atoms with Crippen molar-refractivity contribution in [3.8, 4) is 17.6 Å². The van der Waals surface area contributed by atoms with Gasteiger partial charge in [0, 0.05) is 31.4 Å². The van der Waals surface area contributed by atoms with E-state index in [1.165, 1.54) is 11.8 Å². The van der Waals surface area contributed by atoms with Gasteiger partial charge in [-0.15, -0.1) is 0 Å². The molecule has 204 valence electrons. The Morgan fingerprint density at radius 1 is 1.15 bits per heavy atom. The topological polar surface area (TPSA) is 87.4 Å². The van der Waals surface area contributed by atoms with Gasteiger partial charge in [-0.3, -0.25) is 9.69 Å². The summed E-state index contributed by atoms with van der Waals surface area (Å²) in [5.74, 6) is 1.02. The summed E-state index contributed by atoms with van der Waals surface area (Å²) >= 11 is 3.53. The second-order valence-corrected chi connectivity index (χ2v) is 11.2. The Morgan fingerprint density at radius 3 is 2.62 bits per heavy atom. The van der Waals surface area contributed by atoms with Crippen molar-refractivity contribution in [2.45, 2.75) is 6.61 Å². The number of carbonyl (C=O) groups excluding carboxylic acids is 1. The number of nitriles is 1. The number of hydrogen-bond acceptors (Lipinski definition) is 8. The first kappa shape index (κ1) is 28.0. The van der Waals surface area contributed by atoms with Crippen molar-refractivity contribution in [1.82, 2.24) is 4.90 Å². The Labute approximate surface area is 251 Å². The summed E-state index contributed by atoms with van der Waals surface area (Å²) in [5.41, 5.74) is 4.11. The number of likely N-dealkylation sites (N-methyl/N-ethyl adjacent to an activating group) is 1. The van der Waals surface area contributed by atoms with Gasteiger partial charge in [-0.25, -0.2) is 4.99 Å². The van der Waals surface area contributed by atoms with Crippen molar-refractivity contribution in [3.63, 3.8) is 0 Å². The van der Waals surface area contributed by atoms with Gasteiger partial charge in [-0.05, 0) is 88.5 Å². The average molecular weight is 667 g/mol. The summed E-state index contributed by atoms with van der Waals surface area (Å²) in [6.45, 7) is 3.46. The van der Waals surface area contributed by atoms with E-state index in [-0.39, 0.29) is 12.5 Å². The van der Waals surface area contributed by atoms with Gasteiger partial charge in [0.15, 0.2) is 16.7 Å². The van der Waals surface area contributed by atoms with Gasteiger partial charge in [-0.1, -0.05) is 18.2 Å². The third-order valence-electron chi connectivity index (χ3n) is 6.51. The zero-order valence-electron chi connectivity index (χ0n) is 22.1. The van der Waals surface area contributed by atoms with E-state index in [1.807, 2.05) is 48.5 Å². The maximum absolute atomic E-state index is 13.1. The van der Waals surface area contributed by atoms with Crippen molar-refractivity contribution in [3.05, 3.63) is 85.8 Å². The van der Waals surface area contributed by atoms with E-state index in [2.05, 4.69) is 45.7 Å². The van der Waals surface area contributed by atoms with Crippen molar-refractivity contribution < 1.29 is 19.0 Å². The summed E-state index contributed by atoms with van der Waals surface area (Å²) < 4.78 is 18.0. The lowest BCUT2D eigenvalue weighted by Crippen LogP contribution is -2.36. The molecule has 5 rings (SSSR count). The number of nitrogens with zero attached hydrogens (tertiary/aromatic N) is 4. The standard InChI is InChI=1S/C30H27IN4O4S/c1-34-29(36)27(40-30(34)33-23-7-9-24(10-8-23)35-11-13-38-14-12-35)17-20-15-25(31)28(26(16-20)37-2)39-19-22-6-4-3-5-21(22)18-32/h3-10,15-17H,11-14,19H2,1-2H3/b27-17-,33-30?. The van der Waals surface area contributed by atoms with Crippen molar-refractivity contribution in [2.24, 2.45) is 4.99 Å². The molecule has 0 radical (unpaired) electrons. The molecule has 0 aliphatic carbocycles. The van der Waals surface area contributed by atoms with Crippen LogP contribution in [0, 0.1) is 14.9 Å². The number of amidine groups is 1. The molecule has 1 amide bonds. The highest BCUT2D eigenvalue weighted by molar-refractivity contribution is 14.1. The maximum Gasteiger partial charge on any atom is 0.266 e. The molecule has 2 saturated heterocycles. The number of ether oxygens (including phenoxy) is 3. The van der Waals surface area contributed by atoms with Crippen LogP contribution in [0.3, 0.4) is 0 Å². The number of thioether (sulfide) groups is 1. The number of amides is 1. The number of morpholine rings is 1. The summed E-state index contributed by atoms with van der Waals surface area (Å²) in [6, 6.07) is 21.4. The van der Waals surface area contributed by atoms with Gasteiger partial charge < -0.3 is 19.1 Å². The maximum atomic E-state index is 13.1. The number of benzene rings is 3. The van der Waals surface area contributed by atoms with Crippen LogP contribution in [0.1, 0.15) is 16.7 Å². The minimum atomic E-state index is -0.115. The van der Waals surface area contributed by atoms with E-state index in [9.17, 15) is 10.1 Å². The molecule has 40 heavy (non-hydrogen) atoms. The van der Waals surface area contributed by atoms with Crippen LogP contribution in [0.25, 0.3) is 6.08 Å². The lowest BCUT2D eigenvalue weighted by atomic mass is 10.1. The smallest absolute Gasteiger partial charge is 0.266 e. The number of methoxy groups -OCH3 is 1. The normalized spacial score (nSPS) is 17.4. The van der Waals surface area contributed by atoms with Crippen molar-refractivity contribution in [1.29, 1.82) is 5.26 Å². The highest BCUT2D eigenvalue weighted by Crippen LogP contribution is 2.38. The summed E-state index contributed by atoms with van der Waals surface area (Å²) in [7, 11) is 3.31. The van der Waals surface area contributed by atoms with Crippen LogP contribution in [-0.2, 0) is 16.1 Å². The number of halogens is 1. The molecule has 2 heterocycles. The lowest BCUT2D eigenvalue weighted by Gasteiger charge is -2.28. The molecule has 3 aromatic rings. The van der Waals surface area contributed by atoms with Gasteiger partial charge >= 0.3 is 0 Å². The van der Waals surface area contributed by atoms with Crippen molar-refractivity contribution >= 4 is 62.9 Å². The zero-order valence-corrected chi connectivity index (χ0v) is 25.1. The summed E-state index contributed by atoms with van der Waals surface area (Å²) in [4.78, 5) is 22.2. The Hall–Kier alpha value is -3.53. The molecule has 0 saturated carbocycles. The van der Waals surface area contributed by atoms with Crippen LogP contribution in [0.4, 0.5) is 11.4 Å². The van der Waals surface area contributed by atoms with Gasteiger partial charge in [0.05, 0.1) is 46.1 Å². The first-order valence-corrected chi connectivity index (χ1v) is 14.5. The number of hydrogen-bond donors (Lipinski definition) is 0. The monoisotopic (exact) mass is 666 g/mol. The predicted molar refractivity (Wildman–Crippen MR) is 166 cm³/mol. The van der Waals surface area contributed by atoms with Gasteiger partial charge in [-0.2, -0.15) is 5.26 Å². The Morgan fingerprint density at radius 2 is 1.90 bits per heavy atom. The van der Waals surface area contributed by atoms with Crippen LogP contribution in [-0.4, -0.2) is 56.4 Å². The first-order valence-electron chi connectivity index (χ1n) is 12.6. The van der Waals surface area contributed by atoms with Crippen molar-refractivity contribution in [2.75, 3.05) is 45.4 Å². The molecule has 0 aromatic heterocycles. The zero-order chi connectivity index (χ0) is 28.1. The molecule has 0 N–H and O–H groups in total. The molecule has 2 fully saturated rings. The molecule has 3 aromatic carbocycles. The highest BCUT2D eigenvalue weighted by Gasteiger charge is 2.30. The van der Waals surface area contributed by atoms with E-state index in [0.717, 1.165) is 52.4 Å². The van der Waals surface area contributed by atoms with E-state index >= 15 is 0 Å². The number of rotatable bonds is 7. The third-order valence-corrected chi connectivity index (χ3v) is 8.38. The fourth-order valence-corrected chi connectivity index (χ4v) is 6.11. The van der Waals surface area contributed by atoms with E-state index in [0.29, 0.717) is 27.1 Å². The summed E-state index contributed by atoms with van der Waals surface area (Å²) in [6.07, 6.45) is 1.84. The van der Waals surface area contributed by atoms with E-state index in [1.54, 1.807) is 25.1 Å². The molecule has 8 nitrogen and oxygen atoms in total. The fraction of sp³-hybridized carbons (Fsp3) is 0.233. The molecule has 0 atom stereocenters. The minimum Gasteiger partial charge on any atom is -0.493 e. The van der Waals surface area contributed by atoms with Crippen LogP contribution < -0.4 is 14.4 Å².